The van der Waals surface area contributed by atoms with E-state index in [2.05, 4.69) is 21.4 Å². The Kier molecular flexibility index (Phi) is 3.64. The third-order valence-corrected chi connectivity index (χ3v) is 4.63. The summed E-state index contributed by atoms with van der Waals surface area (Å²) in [5.41, 5.74) is 3.83. The first kappa shape index (κ1) is 15.6. The number of hydrogen-bond donors (Lipinski definition) is 2. The van der Waals surface area contributed by atoms with Gasteiger partial charge < -0.3 is 10.4 Å². The molecule has 0 unspecified atom stereocenters. The highest BCUT2D eigenvalue weighted by Gasteiger charge is 2.29. The lowest BCUT2D eigenvalue weighted by molar-refractivity contribution is -0.117. The molecular formula is C20H19N3O2. The zero-order chi connectivity index (χ0) is 17.6. The highest BCUT2D eigenvalue weighted by molar-refractivity contribution is 5.97. The Morgan fingerprint density at radius 3 is 2.68 bits per heavy atom. The number of aromatic hydroxyl groups is 1. The first-order valence-corrected chi connectivity index (χ1v) is 8.38. The Hall–Kier alpha value is -2.95. The van der Waals surface area contributed by atoms with Crippen molar-refractivity contribution in [3.8, 4) is 16.9 Å². The lowest BCUT2D eigenvalue weighted by Crippen LogP contribution is -2.14. The van der Waals surface area contributed by atoms with Gasteiger partial charge in [-0.05, 0) is 61.4 Å². The number of fused-ring (bicyclic) bond motifs is 1. The highest BCUT2D eigenvalue weighted by atomic mass is 16.3. The van der Waals surface area contributed by atoms with E-state index in [0.717, 1.165) is 46.0 Å². The van der Waals surface area contributed by atoms with E-state index < -0.39 is 0 Å². The summed E-state index contributed by atoms with van der Waals surface area (Å²) in [6, 6.07) is 7.74. The summed E-state index contributed by atoms with van der Waals surface area (Å²) in [5, 5.41) is 14.7. The van der Waals surface area contributed by atoms with Gasteiger partial charge in [-0.1, -0.05) is 6.07 Å². The van der Waals surface area contributed by atoms with Gasteiger partial charge in [0.25, 0.3) is 0 Å². The molecule has 1 aromatic carbocycles. The topological polar surface area (TPSA) is 75.1 Å². The zero-order valence-electron chi connectivity index (χ0n) is 14.2. The number of aryl methyl sites for hydroxylation is 2. The lowest BCUT2D eigenvalue weighted by atomic mass is 9.97. The molecule has 0 atom stereocenters. The molecule has 1 saturated carbocycles. The van der Waals surface area contributed by atoms with Gasteiger partial charge in [-0.25, -0.2) is 4.98 Å². The predicted octanol–water partition coefficient (Wildman–Crippen LogP) is 3.97. The number of pyridine rings is 2. The van der Waals surface area contributed by atoms with E-state index >= 15 is 0 Å². The molecule has 5 nitrogen and oxygen atoms in total. The first-order valence-electron chi connectivity index (χ1n) is 8.38. The van der Waals surface area contributed by atoms with E-state index in [1.54, 1.807) is 12.3 Å². The summed E-state index contributed by atoms with van der Waals surface area (Å²) in [4.78, 5) is 20.5. The fourth-order valence-electron chi connectivity index (χ4n) is 3.05. The van der Waals surface area contributed by atoms with Crippen molar-refractivity contribution < 1.29 is 9.90 Å². The van der Waals surface area contributed by atoms with Gasteiger partial charge in [0.15, 0.2) is 0 Å². The third kappa shape index (κ3) is 3.05. The number of nitrogens with one attached hydrogen (secondary N) is 1. The monoisotopic (exact) mass is 333 g/mol. The molecule has 5 heteroatoms. The van der Waals surface area contributed by atoms with E-state index in [1.807, 2.05) is 26.0 Å². The Bertz CT molecular complexity index is 994. The molecule has 0 radical (unpaired) electrons. The van der Waals surface area contributed by atoms with Gasteiger partial charge in [-0.2, -0.15) is 0 Å². The van der Waals surface area contributed by atoms with Crippen LogP contribution >= 0.6 is 0 Å². The van der Waals surface area contributed by atoms with E-state index in [1.165, 1.54) is 6.20 Å². The quantitative estimate of drug-likeness (QED) is 0.760. The van der Waals surface area contributed by atoms with Crippen molar-refractivity contribution in [1.29, 1.82) is 0 Å². The predicted molar refractivity (Wildman–Crippen MR) is 97.5 cm³/mol. The maximum Gasteiger partial charge on any atom is 0.228 e. The fourth-order valence-corrected chi connectivity index (χ4v) is 3.05. The molecule has 0 bridgehead atoms. The van der Waals surface area contributed by atoms with Crippen LogP contribution in [-0.4, -0.2) is 21.0 Å². The van der Waals surface area contributed by atoms with E-state index in [-0.39, 0.29) is 17.6 Å². The third-order valence-electron chi connectivity index (χ3n) is 4.63. The summed E-state index contributed by atoms with van der Waals surface area (Å²) in [6.07, 6.45) is 5.17. The number of nitrogens with zero attached hydrogens (tertiary/aromatic N) is 2. The molecule has 1 fully saturated rings. The maximum absolute atomic E-state index is 11.9. The van der Waals surface area contributed by atoms with E-state index in [0.29, 0.717) is 5.82 Å². The van der Waals surface area contributed by atoms with Gasteiger partial charge in [0.2, 0.25) is 5.91 Å². The van der Waals surface area contributed by atoms with E-state index in [9.17, 15) is 9.90 Å². The Labute approximate surface area is 145 Å². The second-order valence-corrected chi connectivity index (χ2v) is 6.67. The van der Waals surface area contributed by atoms with Crippen molar-refractivity contribution >= 4 is 22.5 Å². The molecule has 0 spiro atoms. The van der Waals surface area contributed by atoms with E-state index in [4.69, 9.17) is 0 Å². The van der Waals surface area contributed by atoms with Gasteiger partial charge in [0.05, 0.1) is 6.20 Å². The number of anilines is 1. The van der Waals surface area contributed by atoms with Crippen molar-refractivity contribution in [2.75, 3.05) is 5.32 Å². The summed E-state index contributed by atoms with van der Waals surface area (Å²) in [7, 11) is 0. The smallest absolute Gasteiger partial charge is 0.228 e. The summed E-state index contributed by atoms with van der Waals surface area (Å²) < 4.78 is 0. The van der Waals surface area contributed by atoms with Crippen LogP contribution in [0.4, 0.5) is 5.82 Å². The second kappa shape index (κ2) is 5.84. The molecule has 126 valence electrons. The number of aromatic nitrogens is 2. The molecule has 0 aliphatic heterocycles. The first-order chi connectivity index (χ1) is 12.0. The molecule has 4 rings (SSSR count). The normalized spacial score (nSPS) is 13.8. The van der Waals surface area contributed by atoms with Crippen molar-refractivity contribution in [1.82, 2.24) is 9.97 Å². The minimum atomic E-state index is 0.0579. The maximum atomic E-state index is 11.9. The number of carbonyl (C=O) groups is 1. The summed E-state index contributed by atoms with van der Waals surface area (Å²) in [6.45, 7) is 3.95. The number of amides is 1. The second-order valence-electron chi connectivity index (χ2n) is 6.67. The van der Waals surface area contributed by atoms with Crippen molar-refractivity contribution in [3.63, 3.8) is 0 Å². The van der Waals surface area contributed by atoms with Crippen LogP contribution in [0.2, 0.25) is 0 Å². The molecule has 2 aromatic heterocycles. The Morgan fingerprint density at radius 1 is 1.12 bits per heavy atom. The average Bonchev–Trinajstić information content (AvgIpc) is 3.42. The van der Waals surface area contributed by atoms with Gasteiger partial charge in [-0.15, -0.1) is 0 Å². The van der Waals surface area contributed by atoms with Gasteiger partial charge in [-0.3, -0.25) is 9.78 Å². The minimum absolute atomic E-state index is 0.0579. The van der Waals surface area contributed by atoms with Gasteiger partial charge >= 0.3 is 0 Å². The number of rotatable bonds is 3. The molecule has 1 aliphatic rings. The Balaban J connectivity index is 1.75. The van der Waals surface area contributed by atoms with Crippen LogP contribution in [0.3, 0.4) is 0 Å². The van der Waals surface area contributed by atoms with Gasteiger partial charge in [0, 0.05) is 28.8 Å². The molecular weight excluding hydrogens is 314 g/mol. The summed E-state index contributed by atoms with van der Waals surface area (Å²) >= 11 is 0. The lowest BCUT2D eigenvalue weighted by Gasteiger charge is -2.11. The molecule has 1 amide bonds. The van der Waals surface area contributed by atoms with Gasteiger partial charge in [0.1, 0.15) is 11.6 Å². The highest BCUT2D eigenvalue weighted by Crippen LogP contribution is 2.32. The standard InChI is InChI=1S/C20H19N3O2/c1-11-5-14(18-7-16(24)10-21-12(18)2)6-15-9-22-19(8-17(11)15)23-20(25)13-3-4-13/h5-10,13,24H,3-4H2,1-2H3,(H,22,23,25). The van der Waals surface area contributed by atoms with Crippen LogP contribution in [0.5, 0.6) is 5.75 Å². The summed E-state index contributed by atoms with van der Waals surface area (Å²) in [5.74, 6) is 0.954. The van der Waals surface area contributed by atoms with Crippen molar-refractivity contribution in [2.24, 2.45) is 5.92 Å². The van der Waals surface area contributed by atoms with Crippen molar-refractivity contribution in [3.05, 3.63) is 47.9 Å². The molecule has 25 heavy (non-hydrogen) atoms. The molecule has 2 N–H and O–H groups in total. The van der Waals surface area contributed by atoms with Crippen LogP contribution in [-0.2, 0) is 4.79 Å². The SMILES string of the molecule is Cc1ncc(O)cc1-c1cc(C)c2cc(NC(=O)C3CC3)ncc2c1. The zero-order valence-corrected chi connectivity index (χ0v) is 14.2. The minimum Gasteiger partial charge on any atom is -0.506 e. The Morgan fingerprint density at radius 2 is 1.92 bits per heavy atom. The average molecular weight is 333 g/mol. The largest absolute Gasteiger partial charge is 0.506 e. The van der Waals surface area contributed by atoms with Crippen molar-refractivity contribution in [2.45, 2.75) is 26.7 Å². The van der Waals surface area contributed by atoms with Crippen LogP contribution in [0.25, 0.3) is 21.9 Å². The molecule has 3 aromatic rings. The fraction of sp³-hybridized carbons (Fsp3) is 0.250. The van der Waals surface area contributed by atoms with Crippen LogP contribution in [0, 0.1) is 19.8 Å². The van der Waals surface area contributed by atoms with Crippen LogP contribution in [0.15, 0.2) is 36.7 Å². The van der Waals surface area contributed by atoms with Crippen LogP contribution < -0.4 is 5.32 Å². The number of benzene rings is 1. The molecule has 1 aliphatic carbocycles. The molecule has 2 heterocycles. The number of hydrogen-bond acceptors (Lipinski definition) is 4. The number of carbonyl (C=O) groups excluding carboxylic acids is 1. The van der Waals surface area contributed by atoms with Crippen LogP contribution in [0.1, 0.15) is 24.1 Å². The molecule has 0 saturated heterocycles.